The lowest BCUT2D eigenvalue weighted by molar-refractivity contribution is 0.0533. The third-order valence-corrected chi connectivity index (χ3v) is 4.90. The molecule has 7 nitrogen and oxygen atoms in total. The number of hydrogen-bond donors (Lipinski definition) is 2. The van der Waals surface area contributed by atoms with Gasteiger partial charge in [0.05, 0.1) is 19.8 Å². The van der Waals surface area contributed by atoms with E-state index in [1.807, 2.05) is 0 Å². The summed E-state index contributed by atoms with van der Waals surface area (Å²) < 4.78 is 10.1. The number of nitrogens with one attached hydrogen (secondary N) is 1. The minimum Gasteiger partial charge on any atom is -0.464 e. The molecular weight excluding hydrogens is 334 g/mol. The number of hydrogen-bond acceptors (Lipinski definition) is 7. The zero-order chi connectivity index (χ0) is 17.1. The van der Waals surface area contributed by atoms with Crippen LogP contribution in [0.4, 0.5) is 5.82 Å². The van der Waals surface area contributed by atoms with E-state index >= 15 is 0 Å². The summed E-state index contributed by atoms with van der Waals surface area (Å²) in [7, 11) is 1.29. The molecule has 1 atom stereocenters. The van der Waals surface area contributed by atoms with Crippen molar-refractivity contribution >= 4 is 23.4 Å². The highest BCUT2D eigenvalue weighted by Crippen LogP contribution is 2.40. The monoisotopic (exact) mass is 355 g/mol. The normalized spacial score (nSPS) is 19.8. The molecule has 8 heteroatoms. The van der Waals surface area contributed by atoms with E-state index in [1.165, 1.54) is 7.11 Å². The van der Waals surface area contributed by atoms with E-state index < -0.39 is 5.97 Å². The van der Waals surface area contributed by atoms with E-state index in [2.05, 4.69) is 15.3 Å². The van der Waals surface area contributed by atoms with Crippen LogP contribution in [0.25, 0.3) is 0 Å². The maximum absolute atomic E-state index is 11.9. The number of rotatable bonds is 6. The highest BCUT2D eigenvalue weighted by atomic mass is 35.5. The lowest BCUT2D eigenvalue weighted by atomic mass is 9.92. The van der Waals surface area contributed by atoms with Crippen molar-refractivity contribution in [2.75, 3.05) is 32.2 Å². The summed E-state index contributed by atoms with van der Waals surface area (Å²) in [5, 5.41) is 13.1. The highest BCUT2D eigenvalue weighted by molar-refractivity contribution is 6.35. The van der Waals surface area contributed by atoms with Gasteiger partial charge in [0.15, 0.2) is 5.69 Å². The van der Waals surface area contributed by atoms with Gasteiger partial charge in [-0.2, -0.15) is 0 Å². The standard InChI is InChI=1S/C16H22ClN3O4/c1-23-16(22)13-12(17)15(20-14(19-13)10-2-3-10)18-11(8-21)9-4-6-24-7-5-9/h9-11,21H,2-8H2,1H3,(H,18,19,20). The predicted octanol–water partition coefficient (Wildman–Crippen LogP) is 1.99. The number of aromatic nitrogens is 2. The van der Waals surface area contributed by atoms with Gasteiger partial charge in [0.1, 0.15) is 16.7 Å². The molecule has 2 fully saturated rings. The summed E-state index contributed by atoms with van der Waals surface area (Å²) in [5.41, 5.74) is 0.0715. The van der Waals surface area contributed by atoms with Gasteiger partial charge in [-0.1, -0.05) is 11.6 Å². The maximum Gasteiger partial charge on any atom is 0.358 e. The zero-order valence-electron chi connectivity index (χ0n) is 13.6. The van der Waals surface area contributed by atoms with Gasteiger partial charge in [-0.3, -0.25) is 0 Å². The molecule has 0 bridgehead atoms. The Morgan fingerprint density at radius 1 is 1.38 bits per heavy atom. The molecule has 24 heavy (non-hydrogen) atoms. The number of carbonyl (C=O) groups excluding carboxylic acids is 1. The number of ether oxygens (including phenoxy) is 2. The lowest BCUT2D eigenvalue weighted by Gasteiger charge is -2.30. The predicted molar refractivity (Wildman–Crippen MR) is 88.4 cm³/mol. The molecule has 132 valence electrons. The summed E-state index contributed by atoms with van der Waals surface area (Å²) >= 11 is 6.32. The quantitative estimate of drug-likeness (QED) is 0.753. The molecule has 0 radical (unpaired) electrons. The second kappa shape index (κ2) is 7.63. The second-order valence-corrected chi connectivity index (χ2v) is 6.62. The zero-order valence-corrected chi connectivity index (χ0v) is 14.4. The van der Waals surface area contributed by atoms with Crippen LogP contribution in [0.2, 0.25) is 5.02 Å². The van der Waals surface area contributed by atoms with E-state index in [9.17, 15) is 9.90 Å². The summed E-state index contributed by atoms with van der Waals surface area (Å²) in [5.74, 6) is 0.937. The molecule has 1 aliphatic heterocycles. The van der Waals surface area contributed by atoms with Crippen LogP contribution in [-0.2, 0) is 9.47 Å². The molecule has 1 aromatic heterocycles. The number of anilines is 1. The first-order valence-corrected chi connectivity index (χ1v) is 8.62. The van der Waals surface area contributed by atoms with Gasteiger partial charge in [-0.25, -0.2) is 14.8 Å². The third kappa shape index (κ3) is 3.79. The summed E-state index contributed by atoms with van der Waals surface area (Å²) in [6.45, 7) is 1.32. The minimum atomic E-state index is -0.584. The van der Waals surface area contributed by atoms with Crippen LogP contribution in [0.15, 0.2) is 0 Å². The van der Waals surface area contributed by atoms with Gasteiger partial charge < -0.3 is 19.9 Å². The number of nitrogens with zero attached hydrogens (tertiary/aromatic N) is 2. The molecule has 3 rings (SSSR count). The molecule has 0 spiro atoms. The Morgan fingerprint density at radius 3 is 2.67 bits per heavy atom. The maximum atomic E-state index is 11.9. The van der Waals surface area contributed by atoms with Crippen LogP contribution in [0.3, 0.4) is 0 Å². The molecule has 0 aromatic carbocycles. The number of aliphatic hydroxyl groups excluding tert-OH is 1. The van der Waals surface area contributed by atoms with E-state index in [0.29, 0.717) is 24.9 Å². The van der Waals surface area contributed by atoms with Crippen molar-refractivity contribution in [3.8, 4) is 0 Å². The van der Waals surface area contributed by atoms with Gasteiger partial charge in [0.25, 0.3) is 0 Å². The van der Waals surface area contributed by atoms with E-state index in [1.54, 1.807) is 0 Å². The molecule has 2 N–H and O–H groups in total. The first-order chi connectivity index (χ1) is 11.6. The first-order valence-electron chi connectivity index (χ1n) is 8.25. The van der Waals surface area contributed by atoms with Crippen LogP contribution < -0.4 is 5.32 Å². The molecular formula is C16H22ClN3O4. The Morgan fingerprint density at radius 2 is 2.08 bits per heavy atom. The molecule has 1 aliphatic carbocycles. The van der Waals surface area contributed by atoms with E-state index in [4.69, 9.17) is 21.1 Å². The summed E-state index contributed by atoms with van der Waals surface area (Å²) in [6, 6.07) is -0.196. The molecule has 2 aliphatic rings. The van der Waals surface area contributed by atoms with Crippen LogP contribution in [-0.4, -0.2) is 54.0 Å². The van der Waals surface area contributed by atoms with Gasteiger partial charge >= 0.3 is 5.97 Å². The summed E-state index contributed by atoms with van der Waals surface area (Å²) in [6.07, 6.45) is 3.73. The fourth-order valence-corrected chi connectivity index (χ4v) is 3.14. The SMILES string of the molecule is COC(=O)c1nc(C2CC2)nc(NC(CO)C2CCOCC2)c1Cl. The van der Waals surface area contributed by atoms with Crippen molar-refractivity contribution in [1.82, 2.24) is 9.97 Å². The van der Waals surface area contributed by atoms with Crippen molar-refractivity contribution in [3.63, 3.8) is 0 Å². The largest absolute Gasteiger partial charge is 0.464 e. The van der Waals surface area contributed by atoms with Gasteiger partial charge in [-0.15, -0.1) is 0 Å². The average molecular weight is 356 g/mol. The Hall–Kier alpha value is -1.44. The Kier molecular flexibility index (Phi) is 5.53. The van der Waals surface area contributed by atoms with Gasteiger partial charge in [0.2, 0.25) is 0 Å². The second-order valence-electron chi connectivity index (χ2n) is 6.24. The van der Waals surface area contributed by atoms with E-state index in [-0.39, 0.29) is 35.2 Å². The number of halogens is 1. The number of aliphatic hydroxyl groups is 1. The fraction of sp³-hybridized carbons (Fsp3) is 0.688. The van der Waals surface area contributed by atoms with Crippen molar-refractivity contribution in [2.24, 2.45) is 5.92 Å². The fourth-order valence-electron chi connectivity index (χ4n) is 2.92. The Balaban J connectivity index is 1.87. The Bertz CT molecular complexity index is 603. The third-order valence-electron chi connectivity index (χ3n) is 4.54. The van der Waals surface area contributed by atoms with Crippen molar-refractivity contribution in [2.45, 2.75) is 37.6 Å². The van der Waals surface area contributed by atoms with Crippen LogP contribution in [0, 0.1) is 5.92 Å². The molecule has 1 aromatic rings. The van der Waals surface area contributed by atoms with Crippen molar-refractivity contribution in [3.05, 3.63) is 16.5 Å². The van der Waals surface area contributed by atoms with Gasteiger partial charge in [-0.05, 0) is 31.6 Å². The molecule has 1 saturated carbocycles. The van der Waals surface area contributed by atoms with Crippen molar-refractivity contribution in [1.29, 1.82) is 0 Å². The van der Waals surface area contributed by atoms with Crippen LogP contribution in [0.1, 0.15) is 47.9 Å². The Labute approximate surface area is 145 Å². The molecule has 1 unspecified atom stereocenters. The van der Waals surface area contributed by atoms with Gasteiger partial charge in [0, 0.05) is 19.1 Å². The minimum absolute atomic E-state index is 0.0443. The smallest absolute Gasteiger partial charge is 0.358 e. The first kappa shape index (κ1) is 17.4. The molecule has 0 amide bonds. The number of esters is 1. The lowest BCUT2D eigenvalue weighted by Crippen LogP contribution is -2.36. The topological polar surface area (TPSA) is 93.6 Å². The number of carbonyl (C=O) groups is 1. The number of methoxy groups -OCH3 is 1. The van der Waals surface area contributed by atoms with E-state index in [0.717, 1.165) is 25.7 Å². The summed E-state index contributed by atoms with van der Waals surface area (Å²) in [4.78, 5) is 20.7. The van der Waals surface area contributed by atoms with Crippen LogP contribution >= 0.6 is 11.6 Å². The molecule has 1 saturated heterocycles. The van der Waals surface area contributed by atoms with Crippen LogP contribution in [0.5, 0.6) is 0 Å². The average Bonchev–Trinajstić information content (AvgIpc) is 3.46. The van der Waals surface area contributed by atoms with Crippen molar-refractivity contribution < 1.29 is 19.4 Å². The molecule has 2 heterocycles. The highest BCUT2D eigenvalue weighted by Gasteiger charge is 2.31.